The third-order valence-electron chi connectivity index (χ3n) is 2.92. The second-order valence-electron chi connectivity index (χ2n) is 4.56. The Morgan fingerprint density at radius 2 is 2.00 bits per heavy atom. The smallest absolute Gasteiger partial charge is 0.309 e. The minimum Gasteiger partial charge on any atom is -0.459 e. The SMILES string of the molecule is Cc1ccc(CNC(=O)c2nnc(-c3ccco3)o2)cc1. The van der Waals surface area contributed by atoms with Gasteiger partial charge in [-0.1, -0.05) is 29.8 Å². The van der Waals surface area contributed by atoms with Crippen molar-refractivity contribution in [3.8, 4) is 11.7 Å². The molecule has 2 heterocycles. The van der Waals surface area contributed by atoms with Gasteiger partial charge >= 0.3 is 11.8 Å². The molecule has 0 spiro atoms. The van der Waals surface area contributed by atoms with E-state index in [0.717, 1.165) is 5.56 Å². The Labute approximate surface area is 120 Å². The summed E-state index contributed by atoms with van der Waals surface area (Å²) in [5, 5.41) is 10.2. The molecule has 0 aliphatic carbocycles. The first-order chi connectivity index (χ1) is 10.2. The number of hydrogen-bond acceptors (Lipinski definition) is 5. The highest BCUT2D eigenvalue weighted by Crippen LogP contribution is 2.17. The molecule has 2 aromatic heterocycles. The Hall–Kier alpha value is -2.89. The quantitative estimate of drug-likeness (QED) is 0.795. The molecule has 0 bridgehead atoms. The molecular weight excluding hydrogens is 270 g/mol. The first-order valence-electron chi connectivity index (χ1n) is 6.43. The van der Waals surface area contributed by atoms with Crippen LogP contribution in [0.15, 0.2) is 51.5 Å². The van der Waals surface area contributed by atoms with Gasteiger partial charge in [0.25, 0.3) is 5.89 Å². The first kappa shape index (κ1) is 13.1. The van der Waals surface area contributed by atoms with Crippen LogP contribution in [-0.4, -0.2) is 16.1 Å². The van der Waals surface area contributed by atoms with E-state index in [1.54, 1.807) is 12.1 Å². The maximum atomic E-state index is 11.9. The number of hydrogen-bond donors (Lipinski definition) is 1. The Balaban J connectivity index is 1.64. The molecular formula is C15H13N3O3. The van der Waals surface area contributed by atoms with Crippen LogP contribution in [0, 0.1) is 6.92 Å². The third kappa shape index (κ3) is 3.00. The summed E-state index contributed by atoms with van der Waals surface area (Å²) >= 11 is 0. The molecule has 3 aromatic rings. The average Bonchev–Trinajstić information content (AvgIpc) is 3.17. The molecule has 0 unspecified atom stereocenters. The third-order valence-corrected chi connectivity index (χ3v) is 2.92. The van der Waals surface area contributed by atoms with Crippen molar-refractivity contribution in [3.05, 3.63) is 59.7 Å². The van der Waals surface area contributed by atoms with Crippen molar-refractivity contribution in [2.45, 2.75) is 13.5 Å². The Kier molecular flexibility index (Phi) is 3.51. The molecule has 6 nitrogen and oxygen atoms in total. The first-order valence-corrected chi connectivity index (χ1v) is 6.43. The van der Waals surface area contributed by atoms with Crippen LogP contribution in [0.2, 0.25) is 0 Å². The van der Waals surface area contributed by atoms with Gasteiger partial charge in [-0.2, -0.15) is 0 Å². The molecule has 1 N–H and O–H groups in total. The summed E-state index contributed by atoms with van der Waals surface area (Å²) in [4.78, 5) is 11.9. The van der Waals surface area contributed by atoms with Crippen molar-refractivity contribution in [2.24, 2.45) is 0 Å². The minimum absolute atomic E-state index is 0.0893. The van der Waals surface area contributed by atoms with Gasteiger partial charge in [0.15, 0.2) is 5.76 Å². The molecule has 1 aromatic carbocycles. The van der Waals surface area contributed by atoms with Crippen LogP contribution >= 0.6 is 0 Å². The number of rotatable bonds is 4. The number of nitrogens with one attached hydrogen (secondary N) is 1. The van der Waals surface area contributed by atoms with Crippen LogP contribution in [0.25, 0.3) is 11.7 Å². The number of furan rings is 1. The lowest BCUT2D eigenvalue weighted by Crippen LogP contribution is -2.23. The van der Waals surface area contributed by atoms with E-state index in [0.29, 0.717) is 12.3 Å². The fraction of sp³-hybridized carbons (Fsp3) is 0.133. The van der Waals surface area contributed by atoms with E-state index in [9.17, 15) is 4.79 Å². The number of benzene rings is 1. The fourth-order valence-corrected chi connectivity index (χ4v) is 1.78. The van der Waals surface area contributed by atoms with Crippen molar-refractivity contribution in [1.82, 2.24) is 15.5 Å². The van der Waals surface area contributed by atoms with Crippen molar-refractivity contribution in [3.63, 3.8) is 0 Å². The van der Waals surface area contributed by atoms with E-state index >= 15 is 0 Å². The van der Waals surface area contributed by atoms with Gasteiger partial charge in [-0.3, -0.25) is 4.79 Å². The van der Waals surface area contributed by atoms with Gasteiger partial charge in [-0.25, -0.2) is 0 Å². The average molecular weight is 283 g/mol. The highest BCUT2D eigenvalue weighted by Gasteiger charge is 2.16. The van der Waals surface area contributed by atoms with E-state index in [1.165, 1.54) is 11.8 Å². The number of nitrogens with zero attached hydrogens (tertiary/aromatic N) is 2. The van der Waals surface area contributed by atoms with Gasteiger partial charge in [0.1, 0.15) is 0 Å². The molecule has 1 amide bonds. The summed E-state index contributed by atoms with van der Waals surface area (Å²) in [5.41, 5.74) is 2.17. The van der Waals surface area contributed by atoms with Gasteiger partial charge in [0.2, 0.25) is 0 Å². The van der Waals surface area contributed by atoms with Gasteiger partial charge in [0, 0.05) is 6.54 Å². The number of carbonyl (C=O) groups excluding carboxylic acids is 1. The minimum atomic E-state index is -0.416. The normalized spacial score (nSPS) is 10.5. The zero-order valence-electron chi connectivity index (χ0n) is 11.4. The monoisotopic (exact) mass is 283 g/mol. The van der Waals surface area contributed by atoms with E-state index in [4.69, 9.17) is 8.83 Å². The lowest BCUT2D eigenvalue weighted by Gasteiger charge is -2.02. The lowest BCUT2D eigenvalue weighted by molar-refractivity contribution is 0.0916. The molecule has 0 aliphatic rings. The summed E-state index contributed by atoms with van der Waals surface area (Å²) in [6.07, 6.45) is 1.50. The summed E-state index contributed by atoms with van der Waals surface area (Å²) in [7, 11) is 0. The molecule has 0 saturated carbocycles. The Morgan fingerprint density at radius 3 is 2.71 bits per heavy atom. The van der Waals surface area contributed by atoms with Gasteiger partial charge in [-0.15, -0.1) is 10.2 Å². The maximum Gasteiger partial charge on any atom is 0.309 e. The zero-order valence-corrected chi connectivity index (χ0v) is 11.4. The van der Waals surface area contributed by atoms with Crippen LogP contribution in [-0.2, 0) is 6.54 Å². The molecule has 0 fully saturated rings. The van der Waals surface area contributed by atoms with Crippen molar-refractivity contribution < 1.29 is 13.6 Å². The Bertz CT molecular complexity index is 730. The number of aromatic nitrogens is 2. The molecule has 21 heavy (non-hydrogen) atoms. The van der Waals surface area contributed by atoms with Crippen molar-refractivity contribution >= 4 is 5.91 Å². The zero-order chi connectivity index (χ0) is 14.7. The van der Waals surface area contributed by atoms with Crippen LogP contribution in [0.4, 0.5) is 0 Å². The second kappa shape index (κ2) is 5.62. The van der Waals surface area contributed by atoms with Gasteiger partial charge in [-0.05, 0) is 24.6 Å². The van der Waals surface area contributed by atoms with E-state index in [-0.39, 0.29) is 11.8 Å². The lowest BCUT2D eigenvalue weighted by atomic mass is 10.1. The number of carbonyl (C=O) groups is 1. The van der Waals surface area contributed by atoms with Gasteiger partial charge < -0.3 is 14.2 Å². The van der Waals surface area contributed by atoms with Crippen LogP contribution in [0.3, 0.4) is 0 Å². The van der Waals surface area contributed by atoms with Crippen LogP contribution in [0.1, 0.15) is 21.8 Å². The highest BCUT2D eigenvalue weighted by atomic mass is 16.4. The molecule has 106 valence electrons. The Morgan fingerprint density at radius 1 is 1.19 bits per heavy atom. The molecule has 0 saturated heterocycles. The summed E-state index contributed by atoms with van der Waals surface area (Å²) in [5.74, 6) is 0.106. The molecule has 3 rings (SSSR count). The summed E-state index contributed by atoms with van der Waals surface area (Å²) < 4.78 is 10.4. The van der Waals surface area contributed by atoms with E-state index in [2.05, 4.69) is 15.5 Å². The topological polar surface area (TPSA) is 81.2 Å². The van der Waals surface area contributed by atoms with E-state index < -0.39 is 5.91 Å². The van der Waals surface area contributed by atoms with Crippen molar-refractivity contribution in [2.75, 3.05) is 0 Å². The maximum absolute atomic E-state index is 11.9. The molecule has 6 heteroatoms. The number of amides is 1. The van der Waals surface area contributed by atoms with Crippen molar-refractivity contribution in [1.29, 1.82) is 0 Å². The predicted octanol–water partition coefficient (Wildman–Crippen LogP) is 2.57. The molecule has 0 aliphatic heterocycles. The molecule has 0 atom stereocenters. The largest absolute Gasteiger partial charge is 0.459 e. The van der Waals surface area contributed by atoms with Crippen LogP contribution < -0.4 is 5.32 Å². The van der Waals surface area contributed by atoms with Gasteiger partial charge in [0.05, 0.1) is 6.26 Å². The second-order valence-corrected chi connectivity index (χ2v) is 4.56. The standard InChI is InChI=1S/C15H13N3O3/c1-10-4-6-11(7-5-10)9-16-13(19)15-18-17-14(21-15)12-3-2-8-20-12/h2-8H,9H2,1H3,(H,16,19). The molecule has 0 radical (unpaired) electrons. The summed E-state index contributed by atoms with van der Waals surface area (Å²) in [6, 6.07) is 11.3. The predicted molar refractivity (Wildman–Crippen MR) is 74.3 cm³/mol. The highest BCUT2D eigenvalue weighted by molar-refractivity contribution is 5.89. The number of aryl methyl sites for hydroxylation is 1. The summed E-state index contributed by atoms with van der Waals surface area (Å²) in [6.45, 7) is 2.41. The van der Waals surface area contributed by atoms with Crippen LogP contribution in [0.5, 0.6) is 0 Å². The van der Waals surface area contributed by atoms with E-state index in [1.807, 2.05) is 31.2 Å². The fourth-order valence-electron chi connectivity index (χ4n) is 1.78.